The Morgan fingerprint density at radius 1 is 1.44 bits per heavy atom. The third kappa shape index (κ3) is 5.40. The molecule has 1 aromatic heterocycles. The van der Waals surface area contributed by atoms with Crippen LogP contribution in [0.15, 0.2) is 23.6 Å². The molecule has 0 radical (unpaired) electrons. The van der Waals surface area contributed by atoms with Gasteiger partial charge in [-0.1, -0.05) is 11.6 Å². The summed E-state index contributed by atoms with van der Waals surface area (Å²) in [6, 6.07) is 3.67. The molecule has 0 saturated carbocycles. The normalized spacial score (nSPS) is 10.2. The van der Waals surface area contributed by atoms with Crippen molar-refractivity contribution in [3.05, 3.63) is 44.4 Å². The number of amides is 1. The van der Waals surface area contributed by atoms with E-state index in [0.717, 1.165) is 17.4 Å². The van der Waals surface area contributed by atoms with Gasteiger partial charge in [-0.2, -0.15) is 0 Å². The Bertz CT molecular complexity index is 810. The van der Waals surface area contributed by atoms with Crippen LogP contribution in [-0.2, 0) is 20.7 Å². The Balaban J connectivity index is 1.89. The summed E-state index contributed by atoms with van der Waals surface area (Å²) < 4.78 is 9.76. The molecule has 1 amide bonds. The van der Waals surface area contributed by atoms with E-state index in [1.807, 2.05) is 0 Å². The highest BCUT2D eigenvalue weighted by Gasteiger charge is 2.13. The second kappa shape index (κ2) is 8.40. The third-order valence-electron chi connectivity index (χ3n) is 2.84. The van der Waals surface area contributed by atoms with Gasteiger partial charge in [-0.3, -0.25) is 25.0 Å². The van der Waals surface area contributed by atoms with E-state index in [9.17, 15) is 19.7 Å². The highest BCUT2D eigenvalue weighted by atomic mass is 35.5. The number of nitro groups is 1. The molecule has 0 unspecified atom stereocenters. The van der Waals surface area contributed by atoms with Gasteiger partial charge >= 0.3 is 5.97 Å². The molecule has 0 bridgehead atoms. The Kier molecular flexibility index (Phi) is 6.25. The summed E-state index contributed by atoms with van der Waals surface area (Å²) in [5, 5.41) is 15.1. The summed E-state index contributed by atoms with van der Waals surface area (Å²) in [7, 11) is 1.28. The number of ether oxygens (including phenoxy) is 2. The number of nitrogens with zero attached hydrogens (tertiary/aromatic N) is 2. The first-order valence-corrected chi connectivity index (χ1v) is 8.02. The van der Waals surface area contributed by atoms with Crippen molar-refractivity contribution in [1.29, 1.82) is 0 Å². The van der Waals surface area contributed by atoms with Crippen molar-refractivity contribution in [3.63, 3.8) is 0 Å². The zero-order valence-corrected chi connectivity index (χ0v) is 14.4. The molecule has 0 fully saturated rings. The number of non-ortho nitro benzene ring substituents is 1. The van der Waals surface area contributed by atoms with E-state index >= 15 is 0 Å². The number of benzene rings is 1. The van der Waals surface area contributed by atoms with Crippen molar-refractivity contribution in [2.75, 3.05) is 19.0 Å². The maximum Gasteiger partial charge on any atom is 0.311 e. The molecule has 2 aromatic rings. The predicted octanol–water partition coefficient (Wildman–Crippen LogP) is 2.44. The van der Waals surface area contributed by atoms with E-state index in [1.54, 1.807) is 5.38 Å². The zero-order valence-electron chi connectivity index (χ0n) is 12.9. The number of aromatic nitrogens is 1. The number of hydrogen-bond acceptors (Lipinski definition) is 8. The Morgan fingerprint density at radius 3 is 2.84 bits per heavy atom. The van der Waals surface area contributed by atoms with Gasteiger partial charge in [0.1, 0.15) is 5.75 Å². The molecule has 132 valence electrons. The number of carbonyl (C=O) groups excluding carboxylic acids is 2. The van der Waals surface area contributed by atoms with Crippen molar-refractivity contribution >= 4 is 45.6 Å². The molecule has 0 aliphatic heterocycles. The van der Waals surface area contributed by atoms with Crippen LogP contribution >= 0.6 is 22.9 Å². The average Bonchev–Trinajstić information content (AvgIpc) is 3.00. The fraction of sp³-hybridized carbons (Fsp3) is 0.214. The van der Waals surface area contributed by atoms with Crippen LogP contribution in [0.2, 0.25) is 5.02 Å². The minimum atomic E-state index is -0.587. The van der Waals surface area contributed by atoms with Crippen molar-refractivity contribution < 1.29 is 24.0 Å². The molecule has 0 spiro atoms. The van der Waals surface area contributed by atoms with Gasteiger partial charge < -0.3 is 9.47 Å². The van der Waals surface area contributed by atoms with E-state index in [-0.39, 0.29) is 29.5 Å². The van der Waals surface area contributed by atoms with Gasteiger partial charge in [0, 0.05) is 17.5 Å². The van der Waals surface area contributed by atoms with Gasteiger partial charge in [-0.25, -0.2) is 4.98 Å². The zero-order chi connectivity index (χ0) is 18.4. The fourth-order valence-electron chi connectivity index (χ4n) is 1.68. The van der Waals surface area contributed by atoms with Crippen molar-refractivity contribution in [3.8, 4) is 5.75 Å². The Labute approximate surface area is 150 Å². The van der Waals surface area contributed by atoms with Gasteiger partial charge in [-0.15, -0.1) is 11.3 Å². The number of nitro benzene ring substituents is 1. The third-order valence-corrected chi connectivity index (χ3v) is 3.94. The lowest BCUT2D eigenvalue weighted by molar-refractivity contribution is -0.384. The lowest BCUT2D eigenvalue weighted by Crippen LogP contribution is -2.20. The van der Waals surface area contributed by atoms with Crippen molar-refractivity contribution in [2.24, 2.45) is 0 Å². The van der Waals surface area contributed by atoms with Crippen LogP contribution < -0.4 is 10.1 Å². The smallest absolute Gasteiger partial charge is 0.311 e. The standard InChI is InChI=1S/C14H12ClN3O6S/c1-23-13(20)4-8-7-25-14(16-8)17-12(19)6-24-11-3-2-9(18(21)22)5-10(11)15/h2-3,5,7H,4,6H2,1H3,(H,16,17,19). The quantitative estimate of drug-likeness (QED) is 0.441. The summed E-state index contributed by atoms with van der Waals surface area (Å²) >= 11 is 7.02. The number of halogens is 1. The Hall–Kier alpha value is -2.72. The lowest BCUT2D eigenvalue weighted by Gasteiger charge is -2.07. The molecule has 2 rings (SSSR count). The first-order valence-electron chi connectivity index (χ1n) is 6.77. The summed E-state index contributed by atoms with van der Waals surface area (Å²) in [6.45, 7) is -0.358. The minimum absolute atomic E-state index is 0.0117. The molecular weight excluding hydrogens is 374 g/mol. The molecule has 9 nitrogen and oxygen atoms in total. The molecular formula is C14H12ClN3O6S. The number of methoxy groups -OCH3 is 1. The Morgan fingerprint density at radius 2 is 2.20 bits per heavy atom. The summed E-state index contributed by atoms with van der Waals surface area (Å²) in [5.74, 6) is -0.777. The van der Waals surface area contributed by atoms with E-state index in [2.05, 4.69) is 15.0 Å². The van der Waals surface area contributed by atoms with Crippen LogP contribution in [0.3, 0.4) is 0 Å². The van der Waals surface area contributed by atoms with Crippen molar-refractivity contribution in [1.82, 2.24) is 4.98 Å². The molecule has 0 aliphatic rings. The topological polar surface area (TPSA) is 121 Å². The monoisotopic (exact) mass is 385 g/mol. The van der Waals surface area contributed by atoms with Crippen molar-refractivity contribution in [2.45, 2.75) is 6.42 Å². The first-order chi connectivity index (χ1) is 11.9. The van der Waals surface area contributed by atoms with E-state index in [0.29, 0.717) is 10.8 Å². The van der Waals surface area contributed by atoms with Crippen LogP contribution in [-0.4, -0.2) is 35.5 Å². The largest absolute Gasteiger partial charge is 0.482 e. The molecule has 0 atom stereocenters. The fourth-order valence-corrected chi connectivity index (χ4v) is 2.64. The number of carbonyl (C=O) groups is 2. The summed E-state index contributed by atoms with van der Waals surface area (Å²) in [4.78, 5) is 37.1. The molecule has 1 aromatic carbocycles. The molecule has 11 heteroatoms. The molecule has 25 heavy (non-hydrogen) atoms. The van der Waals surface area contributed by atoms with Gasteiger partial charge in [-0.05, 0) is 6.07 Å². The average molecular weight is 386 g/mol. The maximum atomic E-state index is 11.8. The minimum Gasteiger partial charge on any atom is -0.482 e. The van der Waals surface area contributed by atoms with Crippen LogP contribution in [0, 0.1) is 10.1 Å². The molecule has 0 saturated heterocycles. The number of hydrogen-bond donors (Lipinski definition) is 1. The summed E-state index contributed by atoms with van der Waals surface area (Å²) in [6.07, 6.45) is 0.0117. The number of nitrogens with one attached hydrogen (secondary N) is 1. The van der Waals surface area contributed by atoms with Gasteiger partial charge in [0.25, 0.3) is 11.6 Å². The van der Waals surface area contributed by atoms with Crippen LogP contribution in [0.25, 0.3) is 0 Å². The molecule has 0 aliphatic carbocycles. The second-order valence-electron chi connectivity index (χ2n) is 4.61. The number of esters is 1. The SMILES string of the molecule is COC(=O)Cc1csc(NC(=O)COc2ccc([N+](=O)[O-])cc2Cl)n1. The van der Waals surface area contributed by atoms with Crippen LogP contribution in [0.1, 0.15) is 5.69 Å². The van der Waals surface area contributed by atoms with Crippen LogP contribution in [0.4, 0.5) is 10.8 Å². The molecule has 1 heterocycles. The lowest BCUT2D eigenvalue weighted by atomic mass is 10.3. The summed E-state index contributed by atoms with van der Waals surface area (Å²) in [5.41, 5.74) is 0.300. The number of anilines is 1. The van der Waals surface area contributed by atoms with Gasteiger partial charge in [0.15, 0.2) is 11.7 Å². The van der Waals surface area contributed by atoms with Gasteiger partial charge in [0.2, 0.25) is 0 Å². The predicted molar refractivity (Wildman–Crippen MR) is 90.1 cm³/mol. The van der Waals surface area contributed by atoms with E-state index in [4.69, 9.17) is 16.3 Å². The highest BCUT2D eigenvalue weighted by Crippen LogP contribution is 2.28. The molecule has 1 N–H and O–H groups in total. The number of thiazole rings is 1. The van der Waals surface area contributed by atoms with E-state index < -0.39 is 16.8 Å². The van der Waals surface area contributed by atoms with E-state index in [1.165, 1.54) is 19.2 Å². The first kappa shape index (κ1) is 18.6. The number of rotatable bonds is 7. The van der Waals surface area contributed by atoms with Crippen LogP contribution in [0.5, 0.6) is 5.75 Å². The second-order valence-corrected chi connectivity index (χ2v) is 5.87. The van der Waals surface area contributed by atoms with Gasteiger partial charge in [0.05, 0.1) is 29.2 Å². The maximum absolute atomic E-state index is 11.8. The highest BCUT2D eigenvalue weighted by molar-refractivity contribution is 7.13.